The maximum atomic E-state index is 12.8. The van der Waals surface area contributed by atoms with Gasteiger partial charge >= 0.3 is 5.97 Å². The first-order chi connectivity index (χ1) is 14.1. The molecule has 2 bridgehead atoms. The van der Waals surface area contributed by atoms with E-state index in [0.29, 0.717) is 11.6 Å². The van der Waals surface area contributed by atoms with Crippen LogP contribution in [0, 0.1) is 12.8 Å². The lowest BCUT2D eigenvalue weighted by molar-refractivity contribution is -0.122. The number of nitrogens with zero attached hydrogens (tertiary/aromatic N) is 3. The van der Waals surface area contributed by atoms with Gasteiger partial charge in [0.05, 0.1) is 5.52 Å². The molecule has 0 spiro atoms. The third-order valence-corrected chi connectivity index (χ3v) is 6.44. The number of benzene rings is 1. The number of nitrogens with one attached hydrogen (secondary N) is 1. The van der Waals surface area contributed by atoms with E-state index in [2.05, 4.69) is 20.1 Å². The van der Waals surface area contributed by atoms with Crippen molar-refractivity contribution in [3.05, 3.63) is 35.0 Å². The average molecular weight is 414 g/mol. The third-order valence-electron chi connectivity index (χ3n) is 5.48. The summed E-state index contributed by atoms with van der Waals surface area (Å²) in [4.78, 5) is 29.1. The van der Waals surface area contributed by atoms with E-state index >= 15 is 0 Å². The number of carbonyl (C=O) groups is 2. The van der Waals surface area contributed by atoms with Crippen LogP contribution in [0.5, 0.6) is 0 Å². The Balaban J connectivity index is 0.000000645. The summed E-state index contributed by atoms with van der Waals surface area (Å²) in [5, 5.41) is 15.8. The first-order valence-electron chi connectivity index (χ1n) is 9.51. The molecule has 3 fully saturated rings. The van der Waals surface area contributed by atoms with Crippen LogP contribution in [-0.2, 0) is 9.53 Å². The minimum atomic E-state index is -0.331. The van der Waals surface area contributed by atoms with Crippen LogP contribution in [-0.4, -0.2) is 63.4 Å². The highest BCUT2D eigenvalue weighted by Crippen LogP contribution is 2.32. The Morgan fingerprint density at radius 3 is 2.76 bits per heavy atom. The predicted molar refractivity (Wildman–Crippen MR) is 109 cm³/mol. The Morgan fingerprint density at radius 2 is 2.14 bits per heavy atom. The Hall–Kier alpha value is -2.78. The molecule has 2 aromatic heterocycles. The number of H-pyrrole nitrogens is 1. The van der Waals surface area contributed by atoms with Gasteiger partial charge in [0.1, 0.15) is 11.1 Å². The lowest BCUT2D eigenvalue weighted by Gasteiger charge is -2.43. The molecule has 3 aliphatic heterocycles. The van der Waals surface area contributed by atoms with Crippen molar-refractivity contribution in [3.8, 4) is 10.6 Å². The van der Waals surface area contributed by atoms with Gasteiger partial charge in [0, 0.05) is 28.6 Å². The fraction of sp³-hybridized carbons (Fsp3) is 0.400. The van der Waals surface area contributed by atoms with Crippen molar-refractivity contribution >= 4 is 34.7 Å². The first-order valence-corrected chi connectivity index (χ1v) is 10.3. The molecule has 0 unspecified atom stereocenters. The zero-order chi connectivity index (χ0) is 20.4. The van der Waals surface area contributed by atoms with E-state index in [1.807, 2.05) is 31.3 Å². The van der Waals surface area contributed by atoms with E-state index in [-0.39, 0.29) is 18.5 Å². The molecule has 8 nitrogen and oxygen atoms in total. The number of aromatic nitrogens is 3. The molecule has 3 saturated heterocycles. The average Bonchev–Trinajstić information content (AvgIpc) is 3.35. The number of fused-ring (bicyclic) bond motifs is 4. The van der Waals surface area contributed by atoms with Gasteiger partial charge in [-0.2, -0.15) is 5.10 Å². The van der Waals surface area contributed by atoms with Gasteiger partial charge in [0.2, 0.25) is 0 Å². The number of aromatic amines is 1. The minimum absolute atomic E-state index is 0.0125. The highest BCUT2D eigenvalue weighted by Gasteiger charge is 2.37. The van der Waals surface area contributed by atoms with Crippen LogP contribution in [0.25, 0.3) is 21.5 Å². The van der Waals surface area contributed by atoms with E-state index in [1.54, 1.807) is 11.3 Å². The van der Waals surface area contributed by atoms with Crippen LogP contribution in [0.3, 0.4) is 0 Å². The monoisotopic (exact) mass is 414 g/mol. The van der Waals surface area contributed by atoms with Crippen molar-refractivity contribution in [1.29, 1.82) is 0 Å². The molecule has 0 amide bonds. The van der Waals surface area contributed by atoms with Gasteiger partial charge in [-0.3, -0.25) is 14.8 Å². The molecule has 3 aliphatic rings. The van der Waals surface area contributed by atoms with Gasteiger partial charge in [-0.1, -0.05) is 0 Å². The molecule has 3 aromatic rings. The van der Waals surface area contributed by atoms with Crippen molar-refractivity contribution in [1.82, 2.24) is 20.1 Å². The maximum Gasteiger partial charge on any atom is 0.359 e. The van der Waals surface area contributed by atoms with E-state index in [4.69, 9.17) is 14.6 Å². The second-order valence-electron chi connectivity index (χ2n) is 7.30. The number of carboxylic acid groups (broad SMARTS) is 1. The quantitative estimate of drug-likeness (QED) is 0.501. The van der Waals surface area contributed by atoms with Crippen LogP contribution in [0.4, 0.5) is 0 Å². The van der Waals surface area contributed by atoms with E-state index in [1.165, 1.54) is 0 Å². The first kappa shape index (κ1) is 19.5. The molecule has 1 atom stereocenters. The minimum Gasteiger partial charge on any atom is -0.483 e. The molecule has 0 saturated carbocycles. The fourth-order valence-electron chi connectivity index (χ4n) is 4.03. The molecule has 5 heterocycles. The van der Waals surface area contributed by atoms with Crippen molar-refractivity contribution < 1.29 is 19.4 Å². The van der Waals surface area contributed by atoms with E-state index in [0.717, 1.165) is 58.8 Å². The van der Waals surface area contributed by atoms with Crippen LogP contribution >= 0.6 is 11.3 Å². The largest absolute Gasteiger partial charge is 0.483 e. The second-order valence-corrected chi connectivity index (χ2v) is 8.53. The van der Waals surface area contributed by atoms with Gasteiger partial charge in [-0.05, 0) is 57.0 Å². The topological polar surface area (TPSA) is 108 Å². The molecular weight excluding hydrogens is 392 g/mol. The maximum absolute atomic E-state index is 12.8. The van der Waals surface area contributed by atoms with Gasteiger partial charge in [-0.25, -0.2) is 9.78 Å². The number of esters is 1. The Kier molecular flexibility index (Phi) is 5.59. The van der Waals surface area contributed by atoms with Crippen molar-refractivity contribution in [2.24, 2.45) is 5.92 Å². The number of ether oxygens (including phenoxy) is 1. The Morgan fingerprint density at radius 1 is 1.38 bits per heavy atom. The van der Waals surface area contributed by atoms with Crippen molar-refractivity contribution in [3.63, 3.8) is 0 Å². The molecule has 0 radical (unpaired) electrons. The smallest absolute Gasteiger partial charge is 0.359 e. The van der Waals surface area contributed by atoms with E-state index in [9.17, 15) is 4.79 Å². The molecule has 2 N–H and O–H groups in total. The summed E-state index contributed by atoms with van der Waals surface area (Å²) in [7, 11) is 0. The number of aryl methyl sites for hydroxylation is 1. The summed E-state index contributed by atoms with van der Waals surface area (Å²) in [6.45, 7) is 4.89. The molecule has 29 heavy (non-hydrogen) atoms. The number of hydrogen-bond acceptors (Lipinski definition) is 7. The molecule has 1 aromatic carbocycles. The standard InChI is InChI=1S/C19H20N4O2S.CH2O2/c1-11-9-20-18(26-11)13-2-3-15-14(8-13)17(22-21-15)19(24)25-16-10-23-6-4-12(16)5-7-23;2-1-3/h2-3,8-9,12,16H,4-7,10H2,1H3,(H,21,22);1H,(H,2,3)/t16-;/m1./s1. The van der Waals surface area contributed by atoms with Crippen molar-refractivity contribution in [2.75, 3.05) is 19.6 Å². The molecular formula is C20H22N4O4S. The predicted octanol–water partition coefficient (Wildman–Crippen LogP) is 2.95. The van der Waals surface area contributed by atoms with Crippen molar-refractivity contribution in [2.45, 2.75) is 25.9 Å². The number of hydrogen-bond donors (Lipinski definition) is 2. The summed E-state index contributed by atoms with van der Waals surface area (Å²) in [6.07, 6.45) is 4.09. The number of rotatable bonds is 3. The molecule has 152 valence electrons. The van der Waals surface area contributed by atoms with Gasteiger partial charge < -0.3 is 9.84 Å². The lowest BCUT2D eigenvalue weighted by atomic mass is 9.86. The van der Waals surface area contributed by atoms with Crippen LogP contribution in [0.1, 0.15) is 28.2 Å². The van der Waals surface area contributed by atoms with Gasteiger partial charge in [-0.15, -0.1) is 11.3 Å². The van der Waals surface area contributed by atoms with Crippen LogP contribution in [0.2, 0.25) is 0 Å². The summed E-state index contributed by atoms with van der Waals surface area (Å²) >= 11 is 1.64. The summed E-state index contributed by atoms with van der Waals surface area (Å²) < 4.78 is 5.85. The highest BCUT2D eigenvalue weighted by atomic mass is 32.1. The normalized spacial score (nSPS) is 22.7. The second kappa shape index (κ2) is 8.30. The number of piperidine rings is 3. The molecule has 9 heteroatoms. The molecule has 6 rings (SSSR count). The Bertz CT molecular complexity index is 1020. The molecule has 0 aliphatic carbocycles. The lowest BCUT2D eigenvalue weighted by Crippen LogP contribution is -2.51. The Labute approximate surface area is 171 Å². The zero-order valence-electron chi connectivity index (χ0n) is 16.0. The fourth-order valence-corrected chi connectivity index (χ4v) is 4.79. The SMILES string of the molecule is Cc1cnc(-c2ccc3[nH]nc(C(=O)O[C@@H]4CN5CCC4CC5)c3c2)s1.O=CO. The number of carbonyl (C=O) groups excluding carboxylic acids is 1. The third kappa shape index (κ3) is 4.01. The van der Waals surface area contributed by atoms with Crippen LogP contribution < -0.4 is 0 Å². The highest BCUT2D eigenvalue weighted by molar-refractivity contribution is 7.14. The van der Waals surface area contributed by atoms with Gasteiger partial charge in [0.25, 0.3) is 6.47 Å². The summed E-state index contributed by atoms with van der Waals surface area (Å²) in [5.74, 6) is 0.158. The van der Waals surface area contributed by atoms with Crippen LogP contribution in [0.15, 0.2) is 24.4 Å². The zero-order valence-corrected chi connectivity index (χ0v) is 16.8. The summed E-state index contributed by atoms with van der Waals surface area (Å²) in [5.41, 5.74) is 2.20. The van der Waals surface area contributed by atoms with E-state index < -0.39 is 0 Å². The van der Waals surface area contributed by atoms with Gasteiger partial charge in [0.15, 0.2) is 5.69 Å². The number of thiazole rings is 1. The summed E-state index contributed by atoms with van der Waals surface area (Å²) in [6, 6.07) is 5.92.